The molecule has 11 heteroatoms. The van der Waals surface area contributed by atoms with E-state index in [2.05, 4.69) is 0 Å². The van der Waals surface area contributed by atoms with Gasteiger partial charge in [-0.2, -0.15) is 0 Å². The van der Waals surface area contributed by atoms with Crippen molar-refractivity contribution in [1.29, 1.82) is 0 Å². The van der Waals surface area contributed by atoms with Gasteiger partial charge in [-0.05, 0) is 66.6 Å². The molecule has 1 aliphatic rings. The molecular formula is C36H30Cl2N2O6S. The Morgan fingerprint density at radius 1 is 0.979 bits per heavy atom. The number of halogens is 2. The average Bonchev–Trinajstić information content (AvgIpc) is 3.37. The first-order valence-electron chi connectivity index (χ1n) is 14.7. The summed E-state index contributed by atoms with van der Waals surface area (Å²) in [6, 6.07) is 21.4. The maximum atomic E-state index is 14.3. The molecule has 0 saturated heterocycles. The largest absolute Gasteiger partial charge is 0.496 e. The first-order chi connectivity index (χ1) is 22.7. The maximum absolute atomic E-state index is 14.3. The van der Waals surface area contributed by atoms with Gasteiger partial charge >= 0.3 is 5.97 Å². The monoisotopic (exact) mass is 688 g/mol. The Morgan fingerprint density at radius 3 is 2.49 bits per heavy atom. The minimum atomic E-state index is -0.837. The van der Waals surface area contributed by atoms with Gasteiger partial charge in [-0.25, -0.2) is 9.79 Å². The van der Waals surface area contributed by atoms with E-state index in [0.29, 0.717) is 47.9 Å². The minimum absolute atomic E-state index is 0.164. The third kappa shape index (κ3) is 6.26. The van der Waals surface area contributed by atoms with Crippen LogP contribution in [0.25, 0.3) is 16.8 Å². The number of esters is 1. The molecule has 0 saturated carbocycles. The quantitative estimate of drug-likeness (QED) is 0.157. The van der Waals surface area contributed by atoms with E-state index in [1.807, 2.05) is 42.5 Å². The molecule has 1 aromatic heterocycles. The van der Waals surface area contributed by atoms with Crippen molar-refractivity contribution >= 4 is 57.4 Å². The molecule has 2 heterocycles. The lowest BCUT2D eigenvalue weighted by Crippen LogP contribution is -2.40. The van der Waals surface area contributed by atoms with Crippen molar-refractivity contribution in [1.82, 2.24) is 4.57 Å². The van der Waals surface area contributed by atoms with Crippen LogP contribution in [0.1, 0.15) is 36.6 Å². The number of allylic oxidation sites excluding steroid dienone is 1. The second-order valence-corrected chi connectivity index (χ2v) is 12.5. The highest BCUT2D eigenvalue weighted by Crippen LogP contribution is 2.37. The number of benzene rings is 4. The number of aromatic nitrogens is 1. The molecule has 0 bridgehead atoms. The molecule has 1 atom stereocenters. The maximum Gasteiger partial charge on any atom is 0.338 e. The van der Waals surface area contributed by atoms with E-state index in [4.69, 9.17) is 47.1 Å². The summed E-state index contributed by atoms with van der Waals surface area (Å²) in [5.41, 5.74) is 2.56. The van der Waals surface area contributed by atoms with Gasteiger partial charge in [0.25, 0.3) is 5.56 Å². The van der Waals surface area contributed by atoms with Gasteiger partial charge in [-0.1, -0.05) is 77.0 Å². The average molecular weight is 690 g/mol. The van der Waals surface area contributed by atoms with E-state index in [1.54, 1.807) is 57.4 Å². The summed E-state index contributed by atoms with van der Waals surface area (Å²) in [5.74, 6) is 0.944. The van der Waals surface area contributed by atoms with Gasteiger partial charge in [-0.3, -0.25) is 9.36 Å². The van der Waals surface area contributed by atoms with Gasteiger partial charge in [0.15, 0.2) is 16.3 Å². The SMILES string of the molecule is CCOC(=O)C1=C(C)N=c2s/c(=C\c3c(OC)ccc4ccccc34)c(=O)n2[C@H]1c1ccc(OCc2ccc(Cl)cc2Cl)c(OC)c1. The smallest absolute Gasteiger partial charge is 0.338 e. The van der Waals surface area contributed by atoms with Crippen molar-refractivity contribution in [3.63, 3.8) is 0 Å². The van der Waals surface area contributed by atoms with Gasteiger partial charge in [0.2, 0.25) is 0 Å². The Morgan fingerprint density at radius 2 is 1.74 bits per heavy atom. The van der Waals surface area contributed by atoms with Crippen LogP contribution in [0.4, 0.5) is 0 Å². The molecule has 1 aliphatic heterocycles. The molecule has 0 fully saturated rings. The van der Waals surface area contributed by atoms with E-state index in [-0.39, 0.29) is 24.3 Å². The summed E-state index contributed by atoms with van der Waals surface area (Å²) in [5, 5.41) is 2.97. The van der Waals surface area contributed by atoms with Crippen molar-refractivity contribution in [2.75, 3.05) is 20.8 Å². The molecule has 0 aliphatic carbocycles. The van der Waals surface area contributed by atoms with E-state index in [0.717, 1.165) is 21.9 Å². The van der Waals surface area contributed by atoms with Gasteiger partial charge in [0, 0.05) is 21.2 Å². The predicted molar refractivity (Wildman–Crippen MR) is 185 cm³/mol. The third-order valence-corrected chi connectivity index (χ3v) is 9.41. The van der Waals surface area contributed by atoms with Crippen molar-refractivity contribution in [3.05, 3.63) is 130 Å². The van der Waals surface area contributed by atoms with Gasteiger partial charge in [0.05, 0.1) is 42.7 Å². The number of hydrogen-bond acceptors (Lipinski definition) is 8. The second-order valence-electron chi connectivity index (χ2n) is 10.6. The number of ether oxygens (including phenoxy) is 4. The fraction of sp³-hybridized carbons (Fsp3) is 0.194. The normalized spacial score (nSPS) is 14.5. The molecule has 240 valence electrons. The van der Waals surface area contributed by atoms with Crippen LogP contribution >= 0.6 is 34.5 Å². The fourth-order valence-corrected chi connectivity index (χ4v) is 7.10. The lowest BCUT2D eigenvalue weighted by atomic mass is 9.95. The van der Waals surface area contributed by atoms with Crippen molar-refractivity contribution in [2.24, 2.45) is 4.99 Å². The molecular weight excluding hydrogens is 659 g/mol. The van der Waals surface area contributed by atoms with Crippen LogP contribution in [-0.4, -0.2) is 31.4 Å². The Labute approximate surface area is 284 Å². The molecule has 47 heavy (non-hydrogen) atoms. The Bertz CT molecular complexity index is 2240. The standard InChI is InChI=1S/C36H30Cl2N2O6S/c1-5-45-35(42)32-20(2)39-36-40(34(41)31(47-36)18-26-25-9-7-6-8-21(25)11-14-28(26)43-3)33(32)22-12-15-29(30(16-22)44-4)46-19-23-10-13-24(37)17-27(23)38/h6-18,33H,5,19H2,1-4H3/b31-18-/t33-/m0/s1. The second kappa shape index (κ2) is 13.7. The van der Waals surface area contributed by atoms with E-state index >= 15 is 0 Å². The van der Waals surface area contributed by atoms with E-state index in [9.17, 15) is 9.59 Å². The number of carbonyl (C=O) groups is 1. The first-order valence-corrected chi connectivity index (χ1v) is 16.3. The number of carbonyl (C=O) groups excluding carboxylic acids is 1. The molecule has 0 unspecified atom stereocenters. The molecule has 0 radical (unpaired) electrons. The zero-order valence-corrected chi connectivity index (χ0v) is 28.3. The van der Waals surface area contributed by atoms with Crippen LogP contribution < -0.4 is 29.1 Å². The van der Waals surface area contributed by atoms with Crippen LogP contribution in [0.15, 0.2) is 93.9 Å². The number of rotatable bonds is 9. The van der Waals surface area contributed by atoms with E-state index < -0.39 is 12.0 Å². The van der Waals surface area contributed by atoms with Crippen molar-refractivity contribution in [3.8, 4) is 17.2 Å². The van der Waals surface area contributed by atoms with Crippen molar-refractivity contribution in [2.45, 2.75) is 26.5 Å². The molecule has 4 aromatic carbocycles. The van der Waals surface area contributed by atoms with Crippen LogP contribution in [0.3, 0.4) is 0 Å². The van der Waals surface area contributed by atoms with Crippen LogP contribution in [-0.2, 0) is 16.1 Å². The summed E-state index contributed by atoms with van der Waals surface area (Å²) < 4.78 is 24.9. The summed E-state index contributed by atoms with van der Waals surface area (Å²) in [7, 11) is 3.13. The topological polar surface area (TPSA) is 88.4 Å². The molecule has 5 aromatic rings. The number of hydrogen-bond donors (Lipinski definition) is 0. The van der Waals surface area contributed by atoms with Crippen LogP contribution in [0.5, 0.6) is 17.2 Å². The molecule has 0 amide bonds. The summed E-state index contributed by atoms with van der Waals surface area (Å²) in [6.07, 6.45) is 1.82. The molecule has 0 spiro atoms. The van der Waals surface area contributed by atoms with Crippen molar-refractivity contribution < 1.29 is 23.7 Å². The summed E-state index contributed by atoms with van der Waals surface area (Å²) in [4.78, 5) is 32.9. The Kier molecular flexibility index (Phi) is 9.40. The highest BCUT2D eigenvalue weighted by molar-refractivity contribution is 7.07. The molecule has 8 nitrogen and oxygen atoms in total. The highest BCUT2D eigenvalue weighted by atomic mass is 35.5. The Hall–Kier alpha value is -4.57. The third-order valence-electron chi connectivity index (χ3n) is 7.84. The number of fused-ring (bicyclic) bond motifs is 2. The minimum Gasteiger partial charge on any atom is -0.496 e. The zero-order chi connectivity index (χ0) is 33.2. The van der Waals surface area contributed by atoms with E-state index in [1.165, 1.54) is 23.0 Å². The number of thiazole rings is 1. The Balaban J connectivity index is 1.48. The number of methoxy groups -OCH3 is 2. The lowest BCUT2D eigenvalue weighted by molar-refractivity contribution is -0.139. The number of nitrogens with zero attached hydrogens (tertiary/aromatic N) is 2. The fourth-order valence-electron chi connectivity index (χ4n) is 5.61. The van der Waals surface area contributed by atoms with Crippen LogP contribution in [0.2, 0.25) is 10.0 Å². The summed E-state index contributed by atoms with van der Waals surface area (Å²) in [6.45, 7) is 3.81. The zero-order valence-electron chi connectivity index (χ0n) is 26.0. The van der Waals surface area contributed by atoms with Gasteiger partial charge < -0.3 is 18.9 Å². The predicted octanol–water partition coefficient (Wildman–Crippen LogP) is 6.85. The summed E-state index contributed by atoms with van der Waals surface area (Å²) >= 11 is 13.6. The van der Waals surface area contributed by atoms with Crippen LogP contribution in [0, 0.1) is 0 Å². The van der Waals surface area contributed by atoms with Gasteiger partial charge in [-0.15, -0.1) is 0 Å². The first kappa shape index (κ1) is 32.4. The van der Waals surface area contributed by atoms with Gasteiger partial charge in [0.1, 0.15) is 12.4 Å². The molecule has 6 rings (SSSR count). The lowest BCUT2D eigenvalue weighted by Gasteiger charge is -2.25. The highest BCUT2D eigenvalue weighted by Gasteiger charge is 2.34. The molecule has 0 N–H and O–H groups in total.